The summed E-state index contributed by atoms with van der Waals surface area (Å²) in [6, 6.07) is 0. The first-order chi connectivity index (χ1) is 3.95. The van der Waals surface area contributed by atoms with Gasteiger partial charge in [-0.05, 0) is 0 Å². The van der Waals surface area contributed by atoms with Gasteiger partial charge in [0.15, 0.2) is 0 Å². The molecule has 0 N–H and O–H groups in total. The Labute approximate surface area is 69.4 Å². The first-order valence-electron chi connectivity index (χ1n) is 3.47. The molecule has 0 aromatic rings. The van der Waals surface area contributed by atoms with Gasteiger partial charge in [0.25, 0.3) is 0 Å². The molecule has 0 aliphatic rings. The SMILES string of the molecule is CC[C](=[W])CC(C)(C)C. The van der Waals surface area contributed by atoms with E-state index in [1.54, 1.807) is 23.3 Å². The molecule has 0 rings (SSSR count). The topological polar surface area (TPSA) is 0 Å². The summed E-state index contributed by atoms with van der Waals surface area (Å²) in [5, 5.41) is 0. The van der Waals surface area contributed by atoms with Gasteiger partial charge in [0, 0.05) is 0 Å². The molecule has 0 atom stereocenters. The normalized spacial score (nSPS) is 11.6. The summed E-state index contributed by atoms with van der Waals surface area (Å²) in [7, 11) is 0. The van der Waals surface area contributed by atoms with Crippen molar-refractivity contribution in [3.05, 3.63) is 0 Å². The van der Waals surface area contributed by atoms with Crippen molar-refractivity contribution < 1.29 is 19.4 Å². The van der Waals surface area contributed by atoms with Gasteiger partial charge >= 0.3 is 69.2 Å². The predicted molar refractivity (Wildman–Crippen MR) is 39.4 cm³/mol. The molecule has 0 aliphatic heterocycles. The second-order valence-corrected chi connectivity index (χ2v) is 5.70. The van der Waals surface area contributed by atoms with E-state index < -0.39 is 0 Å². The third kappa shape index (κ3) is 6.44. The Hall–Kier alpha value is 0.558. The number of rotatable bonds is 2. The van der Waals surface area contributed by atoms with E-state index in [2.05, 4.69) is 27.7 Å². The van der Waals surface area contributed by atoms with Gasteiger partial charge in [-0.3, -0.25) is 0 Å². The summed E-state index contributed by atoms with van der Waals surface area (Å²) in [4.78, 5) is 0. The van der Waals surface area contributed by atoms with E-state index in [-0.39, 0.29) is 0 Å². The molecular weight excluding hydrogens is 280 g/mol. The predicted octanol–water partition coefficient (Wildman–Crippen LogP) is 2.55. The maximum atomic E-state index is 2.30. The Morgan fingerprint density at radius 1 is 1.33 bits per heavy atom. The molecule has 0 saturated heterocycles. The van der Waals surface area contributed by atoms with Gasteiger partial charge in [0.1, 0.15) is 0 Å². The molecule has 0 aromatic carbocycles. The average Bonchev–Trinajstić information content (AvgIpc) is 1.62. The van der Waals surface area contributed by atoms with Crippen LogP contribution in [0.25, 0.3) is 0 Å². The molecular formula is C8H16W. The van der Waals surface area contributed by atoms with Crippen molar-refractivity contribution >= 4 is 3.90 Å². The van der Waals surface area contributed by atoms with Crippen LogP contribution in [0, 0.1) is 5.41 Å². The average molecular weight is 296 g/mol. The second-order valence-electron chi connectivity index (χ2n) is 3.63. The van der Waals surface area contributed by atoms with Gasteiger partial charge in [-0.25, -0.2) is 0 Å². The van der Waals surface area contributed by atoms with Crippen LogP contribution in [0.3, 0.4) is 0 Å². The molecule has 0 nitrogen and oxygen atoms in total. The van der Waals surface area contributed by atoms with Crippen molar-refractivity contribution in [2.24, 2.45) is 5.41 Å². The summed E-state index contributed by atoms with van der Waals surface area (Å²) in [6.45, 7) is 9.14. The second kappa shape index (κ2) is 3.66. The molecule has 0 amide bonds. The maximum absolute atomic E-state index is 2.30. The summed E-state index contributed by atoms with van der Waals surface area (Å²) < 4.78 is 1.70. The van der Waals surface area contributed by atoms with Crippen LogP contribution >= 0.6 is 0 Å². The zero-order valence-corrected chi connectivity index (χ0v) is 9.76. The molecule has 0 radical (unpaired) electrons. The Morgan fingerprint density at radius 2 is 1.78 bits per heavy atom. The van der Waals surface area contributed by atoms with Gasteiger partial charge in [-0.15, -0.1) is 0 Å². The first-order valence-corrected chi connectivity index (χ1v) is 4.94. The fourth-order valence-corrected chi connectivity index (χ4v) is 2.27. The third-order valence-electron chi connectivity index (χ3n) is 1.12. The van der Waals surface area contributed by atoms with Crippen LogP contribution in [0.4, 0.5) is 0 Å². The van der Waals surface area contributed by atoms with Crippen LogP contribution in [-0.2, 0) is 19.4 Å². The molecule has 9 heavy (non-hydrogen) atoms. The van der Waals surface area contributed by atoms with E-state index in [1.807, 2.05) is 0 Å². The van der Waals surface area contributed by atoms with Crippen LogP contribution in [-0.4, -0.2) is 3.90 Å². The molecule has 0 saturated carbocycles. The van der Waals surface area contributed by atoms with Crippen LogP contribution in [0.5, 0.6) is 0 Å². The third-order valence-corrected chi connectivity index (χ3v) is 2.68. The van der Waals surface area contributed by atoms with E-state index in [0.717, 1.165) is 0 Å². The zero-order chi connectivity index (χ0) is 7.49. The van der Waals surface area contributed by atoms with Crippen molar-refractivity contribution in [1.29, 1.82) is 0 Å². The van der Waals surface area contributed by atoms with E-state index in [4.69, 9.17) is 0 Å². The van der Waals surface area contributed by atoms with Crippen LogP contribution in [0.2, 0.25) is 0 Å². The summed E-state index contributed by atoms with van der Waals surface area (Å²) in [5.41, 5.74) is 0.507. The quantitative estimate of drug-likeness (QED) is 0.734. The molecule has 1 heteroatoms. The monoisotopic (exact) mass is 296 g/mol. The Morgan fingerprint density at radius 3 is 1.89 bits per heavy atom. The van der Waals surface area contributed by atoms with Gasteiger partial charge < -0.3 is 0 Å². The molecule has 0 aromatic heterocycles. The minimum atomic E-state index is 0.507. The Bertz CT molecular complexity index is 97.6. The summed E-state index contributed by atoms with van der Waals surface area (Å²) in [6.07, 6.45) is 2.57. The molecule has 54 valence electrons. The van der Waals surface area contributed by atoms with Crippen molar-refractivity contribution in [3.63, 3.8) is 0 Å². The van der Waals surface area contributed by atoms with E-state index in [0.29, 0.717) is 5.41 Å². The van der Waals surface area contributed by atoms with Gasteiger partial charge in [0.05, 0.1) is 0 Å². The standard InChI is InChI=1S/C8H16.W/c1-5-6-7-8(2,3)4;/h5,7H2,1-4H3;. The van der Waals surface area contributed by atoms with Crippen molar-refractivity contribution in [3.8, 4) is 0 Å². The number of hydrogen-bond acceptors (Lipinski definition) is 0. The Kier molecular flexibility index (Phi) is 3.89. The van der Waals surface area contributed by atoms with Gasteiger partial charge in [0.2, 0.25) is 0 Å². The molecule has 0 aliphatic carbocycles. The molecule has 0 fully saturated rings. The Balaban J connectivity index is 3.60. The molecule has 0 bridgehead atoms. The molecule has 0 spiro atoms. The summed E-state index contributed by atoms with van der Waals surface area (Å²) in [5.74, 6) is 0. The summed E-state index contributed by atoms with van der Waals surface area (Å²) >= 11 is 1.67. The van der Waals surface area contributed by atoms with Crippen molar-refractivity contribution in [2.75, 3.05) is 0 Å². The molecule has 0 unspecified atom stereocenters. The van der Waals surface area contributed by atoms with Crippen LogP contribution in [0.1, 0.15) is 40.5 Å². The van der Waals surface area contributed by atoms with Crippen molar-refractivity contribution in [2.45, 2.75) is 40.5 Å². The minimum absolute atomic E-state index is 0.507. The van der Waals surface area contributed by atoms with E-state index in [1.165, 1.54) is 12.8 Å². The van der Waals surface area contributed by atoms with E-state index in [9.17, 15) is 0 Å². The van der Waals surface area contributed by atoms with Crippen LogP contribution in [0.15, 0.2) is 0 Å². The fourth-order valence-electron chi connectivity index (χ4n) is 0.717. The van der Waals surface area contributed by atoms with E-state index >= 15 is 0 Å². The number of hydrogen-bond donors (Lipinski definition) is 0. The van der Waals surface area contributed by atoms with Gasteiger partial charge in [-0.2, -0.15) is 0 Å². The molecule has 0 heterocycles. The zero-order valence-electron chi connectivity index (χ0n) is 6.82. The fraction of sp³-hybridized carbons (Fsp3) is 0.875. The van der Waals surface area contributed by atoms with Crippen molar-refractivity contribution in [1.82, 2.24) is 0 Å². The van der Waals surface area contributed by atoms with Gasteiger partial charge in [-0.1, -0.05) is 0 Å². The van der Waals surface area contributed by atoms with Crippen LogP contribution < -0.4 is 0 Å². The first kappa shape index (κ1) is 9.56.